The smallest absolute Gasteiger partial charge is 0.0839 e. The second-order valence-corrected chi connectivity index (χ2v) is 3.51. The van der Waals surface area contributed by atoms with Gasteiger partial charge < -0.3 is 14.9 Å². The highest BCUT2D eigenvalue weighted by Gasteiger charge is 2.31. The molecule has 1 fully saturated rings. The third kappa shape index (κ3) is 2.19. The molecule has 0 saturated carbocycles. The number of rotatable bonds is 3. The molecule has 4 atom stereocenters. The Labute approximate surface area is 73.4 Å². The quantitative estimate of drug-likeness (QED) is 0.661. The fraction of sp³-hybridized carbons (Fsp3) is 1.00. The van der Waals surface area contributed by atoms with E-state index < -0.39 is 6.10 Å². The van der Waals surface area contributed by atoms with Crippen LogP contribution in [-0.4, -0.2) is 34.6 Å². The zero-order valence-electron chi connectivity index (χ0n) is 7.73. The molecule has 0 bridgehead atoms. The zero-order chi connectivity index (χ0) is 9.14. The second-order valence-electron chi connectivity index (χ2n) is 3.51. The molecule has 1 saturated heterocycles. The fourth-order valence-electron chi connectivity index (χ4n) is 1.59. The molecule has 1 rings (SSSR count). The number of aliphatic hydroxyl groups excluding tert-OH is 2. The molecule has 0 unspecified atom stereocenters. The van der Waals surface area contributed by atoms with Crippen LogP contribution in [0.25, 0.3) is 0 Å². The molecule has 0 spiro atoms. The van der Waals surface area contributed by atoms with E-state index in [0.29, 0.717) is 0 Å². The summed E-state index contributed by atoms with van der Waals surface area (Å²) in [5.74, 6) is 0. The molecule has 1 aliphatic rings. The maximum absolute atomic E-state index is 9.45. The fourth-order valence-corrected chi connectivity index (χ4v) is 1.59. The van der Waals surface area contributed by atoms with Gasteiger partial charge in [0.2, 0.25) is 0 Å². The Hall–Kier alpha value is -0.120. The van der Waals surface area contributed by atoms with Gasteiger partial charge in [0.1, 0.15) is 0 Å². The largest absolute Gasteiger partial charge is 0.391 e. The van der Waals surface area contributed by atoms with E-state index in [9.17, 15) is 10.2 Å². The van der Waals surface area contributed by atoms with E-state index in [1.807, 2.05) is 6.92 Å². The van der Waals surface area contributed by atoms with E-state index in [4.69, 9.17) is 4.74 Å². The van der Waals surface area contributed by atoms with Crippen LogP contribution >= 0.6 is 0 Å². The lowest BCUT2D eigenvalue weighted by Gasteiger charge is -2.19. The van der Waals surface area contributed by atoms with Crippen molar-refractivity contribution >= 4 is 0 Å². The number of hydrogen-bond acceptors (Lipinski definition) is 3. The van der Waals surface area contributed by atoms with Crippen molar-refractivity contribution in [2.75, 3.05) is 0 Å². The summed E-state index contributed by atoms with van der Waals surface area (Å²) in [6.45, 7) is 3.66. The number of aliphatic hydroxyl groups is 2. The lowest BCUT2D eigenvalue weighted by atomic mass is 10.1. The predicted octanol–water partition coefficient (Wildman–Crippen LogP) is 0.686. The van der Waals surface area contributed by atoms with E-state index in [-0.39, 0.29) is 18.3 Å². The number of hydrogen-bond donors (Lipinski definition) is 2. The highest BCUT2D eigenvalue weighted by Crippen LogP contribution is 2.25. The van der Waals surface area contributed by atoms with Gasteiger partial charge in [0.25, 0.3) is 0 Å². The van der Waals surface area contributed by atoms with Gasteiger partial charge in [0.15, 0.2) is 0 Å². The normalized spacial score (nSPS) is 35.0. The molecule has 0 amide bonds. The van der Waals surface area contributed by atoms with Crippen LogP contribution in [0.5, 0.6) is 0 Å². The first-order chi connectivity index (χ1) is 5.65. The maximum atomic E-state index is 9.45. The monoisotopic (exact) mass is 174 g/mol. The lowest BCUT2D eigenvalue weighted by molar-refractivity contribution is -0.0705. The van der Waals surface area contributed by atoms with Gasteiger partial charge >= 0.3 is 0 Å². The molecule has 0 aromatic carbocycles. The summed E-state index contributed by atoms with van der Waals surface area (Å²) in [6, 6.07) is 0. The minimum absolute atomic E-state index is 0.0606. The molecule has 1 heterocycles. The van der Waals surface area contributed by atoms with E-state index in [1.165, 1.54) is 0 Å². The Bertz CT molecular complexity index is 136. The van der Waals surface area contributed by atoms with E-state index in [0.717, 1.165) is 19.3 Å². The minimum Gasteiger partial charge on any atom is -0.391 e. The Balaban J connectivity index is 2.35. The third-order valence-electron chi connectivity index (χ3n) is 2.47. The molecule has 12 heavy (non-hydrogen) atoms. The van der Waals surface area contributed by atoms with Crippen molar-refractivity contribution in [1.82, 2.24) is 0 Å². The second kappa shape index (κ2) is 4.21. The molecule has 0 radical (unpaired) electrons. The molecular formula is C9H18O3. The summed E-state index contributed by atoms with van der Waals surface area (Å²) in [5, 5.41) is 18.7. The minimum atomic E-state index is -0.418. The first kappa shape index (κ1) is 9.96. The van der Waals surface area contributed by atoms with Gasteiger partial charge in [-0.2, -0.15) is 0 Å². The van der Waals surface area contributed by atoms with Crippen LogP contribution in [-0.2, 0) is 4.74 Å². The van der Waals surface area contributed by atoms with Crippen LogP contribution in [0.2, 0.25) is 0 Å². The van der Waals surface area contributed by atoms with Crippen molar-refractivity contribution in [1.29, 1.82) is 0 Å². The highest BCUT2D eigenvalue weighted by atomic mass is 16.5. The van der Waals surface area contributed by atoms with Crippen LogP contribution in [0.15, 0.2) is 0 Å². The molecule has 72 valence electrons. The molecule has 1 aliphatic heterocycles. The Morgan fingerprint density at radius 1 is 1.33 bits per heavy atom. The van der Waals surface area contributed by atoms with Gasteiger partial charge in [-0.1, -0.05) is 6.92 Å². The summed E-state index contributed by atoms with van der Waals surface area (Å²) in [5.41, 5.74) is 0. The first-order valence-electron chi connectivity index (χ1n) is 4.66. The first-order valence-corrected chi connectivity index (χ1v) is 4.66. The summed E-state index contributed by atoms with van der Waals surface area (Å²) in [4.78, 5) is 0. The van der Waals surface area contributed by atoms with Gasteiger partial charge in [-0.3, -0.25) is 0 Å². The Kier molecular flexibility index (Phi) is 3.50. The van der Waals surface area contributed by atoms with Gasteiger partial charge in [-0.05, 0) is 26.2 Å². The van der Waals surface area contributed by atoms with Crippen LogP contribution in [0.4, 0.5) is 0 Å². The average Bonchev–Trinajstić information content (AvgIpc) is 2.51. The van der Waals surface area contributed by atoms with Gasteiger partial charge in [0, 0.05) is 0 Å². The molecule has 0 aromatic rings. The molecule has 3 heteroatoms. The Morgan fingerprint density at radius 3 is 2.33 bits per heavy atom. The summed E-state index contributed by atoms with van der Waals surface area (Å²) in [6.07, 6.45) is 1.53. The maximum Gasteiger partial charge on any atom is 0.0839 e. The molecule has 2 N–H and O–H groups in total. The Morgan fingerprint density at radius 2 is 1.92 bits per heavy atom. The molecular weight excluding hydrogens is 156 g/mol. The summed E-state index contributed by atoms with van der Waals surface area (Å²) in [7, 11) is 0. The van der Waals surface area contributed by atoms with E-state index in [2.05, 4.69) is 0 Å². The standard InChI is InChI=1S/C9H18O3/c1-3-7(11)9-5-4-8(12-9)6(2)10/h6-11H,3-5H2,1-2H3/t6-,7+,8-,9-/m1/s1. The van der Waals surface area contributed by atoms with Crippen LogP contribution in [0.1, 0.15) is 33.1 Å². The zero-order valence-corrected chi connectivity index (χ0v) is 7.73. The molecule has 0 aromatic heterocycles. The van der Waals surface area contributed by atoms with Crippen molar-refractivity contribution in [3.05, 3.63) is 0 Å². The van der Waals surface area contributed by atoms with Crippen LogP contribution < -0.4 is 0 Å². The van der Waals surface area contributed by atoms with Gasteiger partial charge in [-0.25, -0.2) is 0 Å². The molecule has 0 aliphatic carbocycles. The van der Waals surface area contributed by atoms with E-state index >= 15 is 0 Å². The van der Waals surface area contributed by atoms with Crippen molar-refractivity contribution in [3.8, 4) is 0 Å². The van der Waals surface area contributed by atoms with Crippen molar-refractivity contribution in [2.24, 2.45) is 0 Å². The van der Waals surface area contributed by atoms with Gasteiger partial charge in [-0.15, -0.1) is 0 Å². The lowest BCUT2D eigenvalue weighted by Crippen LogP contribution is -2.29. The van der Waals surface area contributed by atoms with E-state index in [1.54, 1.807) is 6.92 Å². The van der Waals surface area contributed by atoms with Crippen molar-refractivity contribution < 1.29 is 14.9 Å². The van der Waals surface area contributed by atoms with Gasteiger partial charge in [0.05, 0.1) is 24.4 Å². The van der Waals surface area contributed by atoms with Crippen LogP contribution in [0.3, 0.4) is 0 Å². The molecule has 3 nitrogen and oxygen atoms in total. The third-order valence-corrected chi connectivity index (χ3v) is 2.47. The number of ether oxygens (including phenoxy) is 1. The average molecular weight is 174 g/mol. The van der Waals surface area contributed by atoms with Crippen LogP contribution in [0, 0.1) is 0 Å². The summed E-state index contributed by atoms with van der Waals surface area (Å²) >= 11 is 0. The topological polar surface area (TPSA) is 49.7 Å². The van der Waals surface area contributed by atoms with Crippen molar-refractivity contribution in [3.63, 3.8) is 0 Å². The predicted molar refractivity (Wildman–Crippen MR) is 45.9 cm³/mol. The van der Waals surface area contributed by atoms with Crippen molar-refractivity contribution in [2.45, 2.75) is 57.5 Å². The summed E-state index contributed by atoms with van der Waals surface area (Å²) < 4.78 is 5.48. The highest BCUT2D eigenvalue weighted by molar-refractivity contribution is 4.80. The SMILES string of the molecule is CC[C@H](O)[C@H]1CC[C@H]([C@@H](C)O)O1.